The molecule has 1 aromatic heterocycles. The van der Waals surface area contributed by atoms with E-state index in [4.69, 9.17) is 0 Å². The summed E-state index contributed by atoms with van der Waals surface area (Å²) in [7, 11) is 0. The Labute approximate surface area is 185 Å². The summed E-state index contributed by atoms with van der Waals surface area (Å²) >= 11 is 0. The minimum absolute atomic E-state index is 0.0935. The van der Waals surface area contributed by atoms with E-state index in [0.717, 1.165) is 25.3 Å². The molecule has 0 bridgehead atoms. The highest BCUT2D eigenvalue weighted by Gasteiger charge is 2.14. The second kappa shape index (κ2) is 11.3. The van der Waals surface area contributed by atoms with Crippen molar-refractivity contribution in [3.8, 4) is 0 Å². The molecule has 0 radical (unpaired) electrons. The average molecular weight is 423 g/mol. The van der Waals surface area contributed by atoms with Gasteiger partial charge in [-0.1, -0.05) is 18.2 Å². The number of aliphatic imine (C=N–C) groups is 1. The van der Waals surface area contributed by atoms with E-state index >= 15 is 0 Å². The summed E-state index contributed by atoms with van der Waals surface area (Å²) in [5.74, 6) is 1.19. The summed E-state index contributed by atoms with van der Waals surface area (Å²) < 4.78 is 0. The first-order valence-corrected chi connectivity index (χ1v) is 11.2. The Kier molecular flexibility index (Phi) is 8.27. The molecular formula is C24H34N6O. The van der Waals surface area contributed by atoms with Gasteiger partial charge in [-0.2, -0.15) is 0 Å². The Morgan fingerprint density at radius 3 is 2.71 bits per heavy atom. The molecule has 166 valence electrons. The van der Waals surface area contributed by atoms with Crippen molar-refractivity contribution in [2.24, 2.45) is 4.99 Å². The third kappa shape index (κ3) is 6.98. The Morgan fingerprint density at radius 1 is 1.19 bits per heavy atom. The van der Waals surface area contributed by atoms with E-state index in [1.54, 1.807) is 6.07 Å². The summed E-state index contributed by atoms with van der Waals surface area (Å²) in [6.07, 6.45) is 2.83. The molecule has 3 rings (SSSR count). The number of pyridine rings is 1. The fourth-order valence-corrected chi connectivity index (χ4v) is 3.66. The van der Waals surface area contributed by atoms with Crippen LogP contribution in [0.25, 0.3) is 0 Å². The standard InChI is InChI=1S/C24H34N6O/c1-4-25-24(26-14-13-23(31)29-22-12-7-9-18(2)27-22)28-19(3)20-10-8-11-21(17-20)30-15-5-6-16-30/h7-12,17,19H,4-6,13-16H2,1-3H3,(H2,25,26,28)(H,27,29,31). The molecule has 1 atom stereocenters. The quantitative estimate of drug-likeness (QED) is 0.447. The summed E-state index contributed by atoms with van der Waals surface area (Å²) in [6.45, 7) is 9.48. The number of hydrogen-bond acceptors (Lipinski definition) is 4. The van der Waals surface area contributed by atoms with E-state index in [2.05, 4.69) is 62.0 Å². The zero-order chi connectivity index (χ0) is 22.1. The molecule has 1 amide bonds. The molecule has 3 N–H and O–H groups in total. The maximum Gasteiger partial charge on any atom is 0.227 e. The van der Waals surface area contributed by atoms with Gasteiger partial charge in [0.25, 0.3) is 0 Å². The minimum Gasteiger partial charge on any atom is -0.372 e. The third-order valence-electron chi connectivity index (χ3n) is 5.30. The molecule has 1 unspecified atom stereocenters. The first-order valence-electron chi connectivity index (χ1n) is 11.2. The SMILES string of the molecule is CCNC(=NCCC(=O)Nc1cccc(C)n1)NC(C)c1cccc(N2CCCC2)c1. The van der Waals surface area contributed by atoms with Gasteiger partial charge in [-0.15, -0.1) is 0 Å². The number of rotatable bonds is 8. The van der Waals surface area contributed by atoms with Crippen molar-refractivity contribution in [2.75, 3.05) is 36.4 Å². The fourth-order valence-electron chi connectivity index (χ4n) is 3.66. The van der Waals surface area contributed by atoms with Crippen LogP contribution in [0.15, 0.2) is 47.5 Å². The molecule has 1 aliphatic heterocycles. The number of nitrogens with one attached hydrogen (secondary N) is 3. The highest BCUT2D eigenvalue weighted by atomic mass is 16.1. The van der Waals surface area contributed by atoms with Crippen LogP contribution < -0.4 is 20.9 Å². The molecular weight excluding hydrogens is 388 g/mol. The number of carbonyl (C=O) groups is 1. The largest absolute Gasteiger partial charge is 0.372 e. The van der Waals surface area contributed by atoms with E-state index in [-0.39, 0.29) is 11.9 Å². The second-order valence-electron chi connectivity index (χ2n) is 7.88. The first-order chi connectivity index (χ1) is 15.0. The fraction of sp³-hybridized carbons (Fsp3) is 0.458. The zero-order valence-electron chi connectivity index (χ0n) is 18.8. The number of aryl methyl sites for hydroxylation is 1. The Balaban J connectivity index is 1.55. The van der Waals surface area contributed by atoms with Crippen LogP contribution in [-0.2, 0) is 4.79 Å². The molecule has 1 aromatic carbocycles. The van der Waals surface area contributed by atoms with Crippen LogP contribution in [0.3, 0.4) is 0 Å². The monoisotopic (exact) mass is 422 g/mol. The van der Waals surface area contributed by atoms with Gasteiger partial charge in [-0.05, 0) is 63.4 Å². The summed E-state index contributed by atoms with van der Waals surface area (Å²) in [5, 5.41) is 9.55. The number of hydrogen-bond donors (Lipinski definition) is 3. The third-order valence-corrected chi connectivity index (χ3v) is 5.30. The molecule has 0 saturated carbocycles. The Hall–Kier alpha value is -3.09. The maximum atomic E-state index is 12.2. The van der Waals surface area contributed by atoms with Gasteiger partial charge in [0.05, 0.1) is 12.6 Å². The average Bonchev–Trinajstić information content (AvgIpc) is 3.29. The predicted molar refractivity (Wildman–Crippen MR) is 128 cm³/mol. The van der Waals surface area contributed by atoms with Crippen molar-refractivity contribution in [3.63, 3.8) is 0 Å². The molecule has 0 spiro atoms. The van der Waals surface area contributed by atoms with E-state index in [1.165, 1.54) is 24.1 Å². The summed E-state index contributed by atoms with van der Waals surface area (Å²) in [6, 6.07) is 14.4. The van der Waals surface area contributed by atoms with Gasteiger partial charge in [0.15, 0.2) is 5.96 Å². The van der Waals surface area contributed by atoms with Gasteiger partial charge in [-0.25, -0.2) is 4.98 Å². The zero-order valence-corrected chi connectivity index (χ0v) is 18.8. The molecule has 1 saturated heterocycles. The number of carbonyl (C=O) groups excluding carboxylic acids is 1. The molecule has 2 aromatic rings. The second-order valence-corrected chi connectivity index (χ2v) is 7.88. The van der Waals surface area contributed by atoms with Gasteiger partial charge in [0.2, 0.25) is 5.91 Å². The predicted octanol–water partition coefficient (Wildman–Crippen LogP) is 3.64. The van der Waals surface area contributed by atoms with Crippen LogP contribution in [-0.4, -0.2) is 43.0 Å². The molecule has 0 aliphatic carbocycles. The van der Waals surface area contributed by atoms with Crippen LogP contribution in [0.2, 0.25) is 0 Å². The Morgan fingerprint density at radius 2 is 1.97 bits per heavy atom. The molecule has 2 heterocycles. The smallest absolute Gasteiger partial charge is 0.227 e. The maximum absolute atomic E-state index is 12.2. The first kappa shape index (κ1) is 22.6. The van der Waals surface area contributed by atoms with Crippen molar-refractivity contribution >= 4 is 23.4 Å². The number of aromatic nitrogens is 1. The normalized spacial score (nSPS) is 14.9. The van der Waals surface area contributed by atoms with Crippen LogP contribution >= 0.6 is 0 Å². The Bertz CT molecular complexity index is 891. The lowest BCUT2D eigenvalue weighted by molar-refractivity contribution is -0.116. The van der Waals surface area contributed by atoms with Crippen molar-refractivity contribution < 1.29 is 4.79 Å². The van der Waals surface area contributed by atoms with Gasteiger partial charge >= 0.3 is 0 Å². The molecule has 1 fully saturated rings. The number of nitrogens with zero attached hydrogens (tertiary/aromatic N) is 3. The van der Waals surface area contributed by atoms with Crippen LogP contribution in [0.5, 0.6) is 0 Å². The summed E-state index contributed by atoms with van der Waals surface area (Å²) in [4.78, 5) is 23.5. The topological polar surface area (TPSA) is 81.6 Å². The van der Waals surface area contributed by atoms with Gasteiger partial charge < -0.3 is 20.9 Å². The number of anilines is 2. The van der Waals surface area contributed by atoms with Crippen molar-refractivity contribution in [2.45, 2.75) is 46.1 Å². The van der Waals surface area contributed by atoms with Gasteiger partial charge in [0, 0.05) is 37.4 Å². The number of amides is 1. The lowest BCUT2D eigenvalue weighted by atomic mass is 10.1. The molecule has 7 heteroatoms. The lowest BCUT2D eigenvalue weighted by Gasteiger charge is -2.22. The van der Waals surface area contributed by atoms with E-state index < -0.39 is 0 Å². The minimum atomic E-state index is -0.0935. The van der Waals surface area contributed by atoms with Crippen LogP contribution in [0, 0.1) is 6.92 Å². The molecule has 7 nitrogen and oxygen atoms in total. The highest BCUT2D eigenvalue weighted by Crippen LogP contribution is 2.23. The van der Waals surface area contributed by atoms with Crippen molar-refractivity contribution in [1.29, 1.82) is 0 Å². The van der Waals surface area contributed by atoms with Crippen LogP contribution in [0.4, 0.5) is 11.5 Å². The lowest BCUT2D eigenvalue weighted by Crippen LogP contribution is -2.39. The summed E-state index contributed by atoms with van der Waals surface area (Å²) in [5.41, 5.74) is 3.38. The van der Waals surface area contributed by atoms with E-state index in [0.29, 0.717) is 24.7 Å². The van der Waals surface area contributed by atoms with Crippen LogP contribution in [0.1, 0.15) is 50.4 Å². The molecule has 31 heavy (non-hydrogen) atoms. The van der Waals surface area contributed by atoms with Gasteiger partial charge in [0.1, 0.15) is 5.82 Å². The van der Waals surface area contributed by atoms with E-state index in [9.17, 15) is 4.79 Å². The number of guanidine groups is 1. The van der Waals surface area contributed by atoms with E-state index in [1.807, 2.05) is 26.0 Å². The highest BCUT2D eigenvalue weighted by molar-refractivity contribution is 5.90. The van der Waals surface area contributed by atoms with Crippen molar-refractivity contribution in [1.82, 2.24) is 15.6 Å². The molecule has 1 aliphatic rings. The number of benzene rings is 1. The van der Waals surface area contributed by atoms with Gasteiger partial charge in [-0.3, -0.25) is 9.79 Å². The van der Waals surface area contributed by atoms with Crippen molar-refractivity contribution in [3.05, 3.63) is 53.7 Å².